The molecule has 18 heavy (non-hydrogen) atoms. The fraction of sp³-hybridized carbons (Fsp3) is 0.571. The molecule has 1 aromatic rings. The van der Waals surface area contributed by atoms with Crippen LogP contribution in [-0.4, -0.2) is 18.7 Å². The molecule has 0 aliphatic heterocycles. The van der Waals surface area contributed by atoms with Crippen molar-refractivity contribution in [1.29, 1.82) is 0 Å². The van der Waals surface area contributed by atoms with Crippen molar-refractivity contribution in [3.8, 4) is 5.75 Å². The van der Waals surface area contributed by atoms with Crippen molar-refractivity contribution in [2.24, 2.45) is 0 Å². The number of nitrogens with one attached hydrogen (secondary N) is 1. The van der Waals surface area contributed by atoms with Crippen molar-refractivity contribution in [2.45, 2.75) is 39.2 Å². The molecule has 1 atom stereocenters. The molecule has 0 spiro atoms. The van der Waals surface area contributed by atoms with Crippen molar-refractivity contribution < 1.29 is 9.13 Å². The second-order valence-corrected chi connectivity index (χ2v) is 5.07. The lowest BCUT2D eigenvalue weighted by Gasteiger charge is -2.30. The number of benzene rings is 1. The Morgan fingerprint density at radius 3 is 2.67 bits per heavy atom. The van der Waals surface area contributed by atoms with E-state index in [1.54, 1.807) is 6.07 Å². The Balaban J connectivity index is 2.68. The summed E-state index contributed by atoms with van der Waals surface area (Å²) in [5.74, 6) is 0.176. The van der Waals surface area contributed by atoms with E-state index in [1.165, 1.54) is 12.1 Å². The Morgan fingerprint density at radius 2 is 2.11 bits per heavy atom. The first-order valence-electron chi connectivity index (χ1n) is 6.35. The van der Waals surface area contributed by atoms with Crippen LogP contribution in [0, 0.1) is 5.82 Å². The highest BCUT2D eigenvalue weighted by Gasteiger charge is 2.23. The van der Waals surface area contributed by atoms with Gasteiger partial charge in [0.1, 0.15) is 17.2 Å². The van der Waals surface area contributed by atoms with E-state index in [9.17, 15) is 4.39 Å². The van der Waals surface area contributed by atoms with Crippen LogP contribution in [0.1, 0.15) is 33.6 Å². The molecule has 0 saturated heterocycles. The number of hydrogen-bond acceptors (Lipinski definition) is 2. The van der Waals surface area contributed by atoms with Crippen LogP contribution < -0.4 is 10.1 Å². The third-order valence-electron chi connectivity index (χ3n) is 2.93. The molecule has 1 aromatic carbocycles. The normalized spacial score (nSPS) is 14.3. The van der Waals surface area contributed by atoms with Crippen LogP contribution in [0.3, 0.4) is 0 Å². The number of halogens is 2. The lowest BCUT2D eigenvalue weighted by molar-refractivity contribution is 0.0837. The number of hydrogen-bond donors (Lipinski definition) is 1. The second kappa shape index (κ2) is 6.95. The predicted octanol–water partition coefficient (Wildman–Crippen LogP) is 4.03. The second-order valence-electron chi connectivity index (χ2n) is 4.66. The zero-order valence-electron chi connectivity index (χ0n) is 11.2. The lowest BCUT2D eigenvalue weighted by Crippen LogP contribution is -2.42. The zero-order valence-corrected chi connectivity index (χ0v) is 12.0. The van der Waals surface area contributed by atoms with E-state index in [0.717, 1.165) is 25.9 Å². The molecule has 0 aliphatic carbocycles. The molecule has 1 rings (SSSR count). The Labute approximate surface area is 113 Å². The van der Waals surface area contributed by atoms with Crippen LogP contribution in [0.4, 0.5) is 4.39 Å². The molecule has 0 bridgehead atoms. The van der Waals surface area contributed by atoms with E-state index in [-0.39, 0.29) is 10.6 Å². The van der Waals surface area contributed by atoms with E-state index in [2.05, 4.69) is 19.2 Å². The largest absolute Gasteiger partial charge is 0.486 e. The molecule has 1 unspecified atom stereocenters. The van der Waals surface area contributed by atoms with Crippen molar-refractivity contribution in [3.63, 3.8) is 0 Å². The fourth-order valence-electron chi connectivity index (χ4n) is 1.59. The van der Waals surface area contributed by atoms with Gasteiger partial charge in [0.2, 0.25) is 0 Å². The van der Waals surface area contributed by atoms with E-state index in [1.807, 2.05) is 6.92 Å². The smallest absolute Gasteiger partial charge is 0.142 e. The van der Waals surface area contributed by atoms with Crippen LogP contribution in [-0.2, 0) is 0 Å². The van der Waals surface area contributed by atoms with Gasteiger partial charge in [-0.2, -0.15) is 0 Å². The van der Waals surface area contributed by atoms with Gasteiger partial charge in [0.15, 0.2) is 0 Å². The first-order valence-corrected chi connectivity index (χ1v) is 6.73. The van der Waals surface area contributed by atoms with E-state index in [4.69, 9.17) is 16.3 Å². The van der Waals surface area contributed by atoms with Crippen LogP contribution in [0.2, 0.25) is 5.02 Å². The van der Waals surface area contributed by atoms with E-state index < -0.39 is 5.82 Å². The molecule has 102 valence electrons. The summed E-state index contributed by atoms with van der Waals surface area (Å²) in [5, 5.41) is 3.43. The molecule has 4 heteroatoms. The molecule has 0 aliphatic rings. The van der Waals surface area contributed by atoms with Gasteiger partial charge in [-0.25, -0.2) is 4.39 Å². The summed E-state index contributed by atoms with van der Waals surface area (Å²) in [5.41, 5.74) is -0.309. The average Bonchev–Trinajstić information content (AvgIpc) is 2.34. The molecule has 0 amide bonds. The molecule has 0 saturated carbocycles. The highest BCUT2D eigenvalue weighted by atomic mass is 35.5. The maximum Gasteiger partial charge on any atom is 0.142 e. The van der Waals surface area contributed by atoms with E-state index in [0.29, 0.717) is 5.75 Å². The predicted molar refractivity (Wildman–Crippen MR) is 73.9 cm³/mol. The van der Waals surface area contributed by atoms with Gasteiger partial charge >= 0.3 is 0 Å². The fourth-order valence-corrected chi connectivity index (χ4v) is 1.76. The highest BCUT2D eigenvalue weighted by molar-refractivity contribution is 6.30. The summed E-state index contributed by atoms with van der Waals surface area (Å²) in [4.78, 5) is 0. The van der Waals surface area contributed by atoms with Crippen LogP contribution in [0.15, 0.2) is 18.2 Å². The minimum atomic E-state index is -0.425. The molecule has 2 nitrogen and oxygen atoms in total. The molecule has 0 fully saturated rings. The van der Waals surface area contributed by atoms with Gasteiger partial charge in [0.05, 0.1) is 5.02 Å². The Bertz CT molecular complexity index is 386. The molecule has 0 heterocycles. The van der Waals surface area contributed by atoms with Gasteiger partial charge in [0, 0.05) is 12.6 Å². The first kappa shape index (κ1) is 15.3. The van der Waals surface area contributed by atoms with E-state index >= 15 is 0 Å². The summed E-state index contributed by atoms with van der Waals surface area (Å²) in [6.07, 6.45) is 1.95. The summed E-state index contributed by atoms with van der Waals surface area (Å²) in [6, 6.07) is 4.45. The molecule has 1 N–H and O–H groups in total. The Hall–Kier alpha value is -0.800. The van der Waals surface area contributed by atoms with Crippen molar-refractivity contribution >= 4 is 11.6 Å². The van der Waals surface area contributed by atoms with Gasteiger partial charge in [0.25, 0.3) is 0 Å². The van der Waals surface area contributed by atoms with Gasteiger partial charge in [-0.05, 0) is 38.4 Å². The monoisotopic (exact) mass is 273 g/mol. The van der Waals surface area contributed by atoms with Crippen molar-refractivity contribution in [3.05, 3.63) is 29.0 Å². The topological polar surface area (TPSA) is 21.3 Å². The maximum absolute atomic E-state index is 13.1. The third-order valence-corrected chi connectivity index (χ3v) is 3.22. The lowest BCUT2D eigenvalue weighted by atomic mass is 10.0. The summed E-state index contributed by atoms with van der Waals surface area (Å²) < 4.78 is 19.0. The van der Waals surface area contributed by atoms with Crippen LogP contribution in [0.5, 0.6) is 5.75 Å². The number of ether oxygens (including phenoxy) is 1. The average molecular weight is 274 g/mol. The highest BCUT2D eigenvalue weighted by Crippen LogP contribution is 2.25. The minimum absolute atomic E-state index is 0.0903. The molecule has 0 radical (unpaired) electrons. The Kier molecular flexibility index (Phi) is 5.89. The number of rotatable bonds is 7. The third kappa shape index (κ3) is 4.46. The zero-order chi connectivity index (χ0) is 13.6. The molecule has 0 aromatic heterocycles. The van der Waals surface area contributed by atoms with Crippen molar-refractivity contribution in [1.82, 2.24) is 5.32 Å². The SMILES string of the molecule is CCCNCC(C)(CC)Oc1ccc(F)c(Cl)c1. The van der Waals surface area contributed by atoms with Crippen LogP contribution >= 0.6 is 11.6 Å². The summed E-state index contributed by atoms with van der Waals surface area (Å²) in [7, 11) is 0. The molecular formula is C14H21ClFNO. The minimum Gasteiger partial charge on any atom is -0.486 e. The van der Waals surface area contributed by atoms with Gasteiger partial charge < -0.3 is 10.1 Å². The van der Waals surface area contributed by atoms with Gasteiger partial charge in [-0.1, -0.05) is 25.4 Å². The Morgan fingerprint density at radius 1 is 1.39 bits per heavy atom. The van der Waals surface area contributed by atoms with Crippen molar-refractivity contribution in [2.75, 3.05) is 13.1 Å². The summed E-state index contributed by atoms with van der Waals surface area (Å²) >= 11 is 5.74. The van der Waals surface area contributed by atoms with Gasteiger partial charge in [-0.15, -0.1) is 0 Å². The quantitative estimate of drug-likeness (QED) is 0.758. The first-order chi connectivity index (χ1) is 8.50. The summed E-state index contributed by atoms with van der Waals surface area (Å²) in [6.45, 7) is 7.94. The van der Waals surface area contributed by atoms with Crippen LogP contribution in [0.25, 0.3) is 0 Å². The van der Waals surface area contributed by atoms with Gasteiger partial charge in [-0.3, -0.25) is 0 Å². The standard InChI is InChI=1S/C14H21ClFNO/c1-4-8-17-10-14(3,5-2)18-11-6-7-13(16)12(15)9-11/h6-7,9,17H,4-5,8,10H2,1-3H3. The maximum atomic E-state index is 13.1. The molecular weight excluding hydrogens is 253 g/mol.